The number of benzene rings is 2. The number of hydrogen-bond acceptors (Lipinski definition) is 8. The highest BCUT2D eigenvalue weighted by Gasteiger charge is 2.32. The second-order valence-corrected chi connectivity index (χ2v) is 7.13. The van der Waals surface area contributed by atoms with Gasteiger partial charge in [-0.2, -0.15) is 0 Å². The first-order valence-electron chi connectivity index (χ1n) is 9.73. The Morgan fingerprint density at radius 3 is 2.58 bits per heavy atom. The molecule has 0 atom stereocenters. The predicted molar refractivity (Wildman–Crippen MR) is 116 cm³/mol. The van der Waals surface area contributed by atoms with Crippen LogP contribution in [0.25, 0.3) is 0 Å². The highest BCUT2D eigenvalue weighted by Crippen LogP contribution is 2.39. The van der Waals surface area contributed by atoms with Crippen LogP contribution < -0.4 is 9.80 Å². The molecule has 0 saturated carbocycles. The summed E-state index contributed by atoms with van der Waals surface area (Å²) in [6.45, 7) is 1.13. The van der Waals surface area contributed by atoms with E-state index < -0.39 is 10.9 Å². The van der Waals surface area contributed by atoms with Crippen LogP contribution in [0.2, 0.25) is 0 Å². The van der Waals surface area contributed by atoms with E-state index in [2.05, 4.69) is 16.0 Å². The van der Waals surface area contributed by atoms with Gasteiger partial charge >= 0.3 is 11.7 Å². The summed E-state index contributed by atoms with van der Waals surface area (Å²) >= 11 is 0. The molecule has 0 aliphatic carbocycles. The van der Waals surface area contributed by atoms with Crippen molar-refractivity contribution >= 4 is 29.0 Å². The van der Waals surface area contributed by atoms with E-state index in [1.807, 2.05) is 23.1 Å². The van der Waals surface area contributed by atoms with Gasteiger partial charge < -0.3 is 14.5 Å². The molecule has 4 rings (SSSR count). The Hall–Kier alpha value is -4.01. The lowest BCUT2D eigenvalue weighted by molar-refractivity contribution is -0.383. The second-order valence-electron chi connectivity index (χ2n) is 7.13. The van der Waals surface area contributed by atoms with Crippen molar-refractivity contribution in [3.63, 3.8) is 0 Å². The summed E-state index contributed by atoms with van der Waals surface area (Å²) in [5.41, 5.74) is 2.89. The van der Waals surface area contributed by atoms with Gasteiger partial charge in [0.25, 0.3) is 0 Å². The Labute approximate surface area is 179 Å². The van der Waals surface area contributed by atoms with Crippen LogP contribution in [0.4, 0.5) is 23.0 Å². The molecule has 2 aromatic carbocycles. The second kappa shape index (κ2) is 8.39. The van der Waals surface area contributed by atoms with Crippen LogP contribution in [0, 0.1) is 10.1 Å². The van der Waals surface area contributed by atoms with Crippen molar-refractivity contribution in [2.24, 2.45) is 0 Å². The van der Waals surface area contributed by atoms with Crippen LogP contribution in [-0.4, -0.2) is 41.6 Å². The number of nitro groups is 1. The third-order valence-corrected chi connectivity index (χ3v) is 5.38. The molecule has 0 fully saturated rings. The van der Waals surface area contributed by atoms with Crippen molar-refractivity contribution in [3.8, 4) is 0 Å². The molecule has 0 unspecified atom stereocenters. The predicted octanol–water partition coefficient (Wildman–Crippen LogP) is 3.50. The van der Waals surface area contributed by atoms with E-state index in [0.717, 1.165) is 12.0 Å². The molecule has 1 aliphatic heterocycles. The maximum atomic E-state index is 12.2. The monoisotopic (exact) mass is 419 g/mol. The van der Waals surface area contributed by atoms with E-state index in [9.17, 15) is 14.9 Å². The van der Waals surface area contributed by atoms with Crippen molar-refractivity contribution in [2.75, 3.05) is 30.5 Å². The van der Waals surface area contributed by atoms with Crippen LogP contribution in [0.3, 0.4) is 0 Å². The SMILES string of the molecule is COC(=O)c1ccccc1N(C)c1ncnc(N2CCc3ccccc3C2)c1[N+](=O)[O-]. The minimum absolute atomic E-state index is 0.102. The largest absolute Gasteiger partial charge is 0.465 e. The average Bonchev–Trinajstić information content (AvgIpc) is 2.82. The molecule has 0 spiro atoms. The molecule has 0 amide bonds. The zero-order chi connectivity index (χ0) is 22.0. The van der Waals surface area contributed by atoms with E-state index in [4.69, 9.17) is 4.74 Å². The van der Waals surface area contributed by atoms with Crippen LogP contribution in [-0.2, 0) is 17.7 Å². The van der Waals surface area contributed by atoms with E-state index in [1.165, 1.54) is 23.9 Å². The average molecular weight is 419 g/mol. The molecule has 9 heteroatoms. The Bertz CT molecular complexity index is 1150. The third kappa shape index (κ3) is 3.77. The molecular weight excluding hydrogens is 398 g/mol. The van der Waals surface area contributed by atoms with Gasteiger partial charge in [0.05, 0.1) is 23.3 Å². The first-order chi connectivity index (χ1) is 15.0. The number of carbonyl (C=O) groups is 1. The fourth-order valence-corrected chi connectivity index (χ4v) is 3.84. The zero-order valence-corrected chi connectivity index (χ0v) is 17.2. The number of para-hydroxylation sites is 1. The quantitative estimate of drug-likeness (QED) is 0.352. The summed E-state index contributed by atoms with van der Waals surface area (Å²) in [5, 5.41) is 12.1. The molecule has 31 heavy (non-hydrogen) atoms. The zero-order valence-electron chi connectivity index (χ0n) is 17.2. The molecule has 2 heterocycles. The van der Waals surface area contributed by atoms with Crippen LogP contribution >= 0.6 is 0 Å². The van der Waals surface area contributed by atoms with Crippen molar-refractivity contribution in [3.05, 3.63) is 81.7 Å². The summed E-state index contributed by atoms with van der Waals surface area (Å²) in [6.07, 6.45) is 2.09. The molecule has 0 N–H and O–H groups in total. The van der Waals surface area contributed by atoms with Gasteiger partial charge in [0.2, 0.25) is 11.6 Å². The highest BCUT2D eigenvalue weighted by molar-refractivity contribution is 5.97. The van der Waals surface area contributed by atoms with Crippen molar-refractivity contribution < 1.29 is 14.5 Å². The van der Waals surface area contributed by atoms with Crippen LogP contribution in [0.5, 0.6) is 0 Å². The van der Waals surface area contributed by atoms with E-state index in [1.54, 1.807) is 31.3 Å². The number of esters is 1. The maximum Gasteiger partial charge on any atom is 0.353 e. The number of anilines is 3. The number of ether oxygens (including phenoxy) is 1. The van der Waals surface area contributed by atoms with E-state index in [0.29, 0.717) is 18.8 Å². The van der Waals surface area contributed by atoms with Crippen LogP contribution in [0.1, 0.15) is 21.5 Å². The molecule has 0 bridgehead atoms. The van der Waals surface area contributed by atoms with Gasteiger partial charge in [-0.1, -0.05) is 36.4 Å². The van der Waals surface area contributed by atoms with Crippen molar-refractivity contribution in [1.29, 1.82) is 0 Å². The summed E-state index contributed by atoms with van der Waals surface area (Å²) in [5.74, 6) is -0.177. The minimum Gasteiger partial charge on any atom is -0.465 e. The smallest absolute Gasteiger partial charge is 0.353 e. The summed E-state index contributed by atoms with van der Waals surface area (Å²) < 4.78 is 4.85. The third-order valence-electron chi connectivity index (χ3n) is 5.38. The molecule has 0 saturated heterocycles. The number of hydrogen-bond donors (Lipinski definition) is 0. The minimum atomic E-state index is -0.535. The highest BCUT2D eigenvalue weighted by atomic mass is 16.6. The Kier molecular flexibility index (Phi) is 5.48. The van der Waals surface area contributed by atoms with Gasteiger partial charge in [-0.3, -0.25) is 10.1 Å². The number of carbonyl (C=O) groups excluding carboxylic acids is 1. The van der Waals surface area contributed by atoms with Crippen LogP contribution in [0.15, 0.2) is 54.9 Å². The molecule has 158 valence electrons. The molecule has 1 aliphatic rings. The lowest BCUT2D eigenvalue weighted by Gasteiger charge is -2.30. The lowest BCUT2D eigenvalue weighted by Crippen LogP contribution is -2.32. The van der Waals surface area contributed by atoms with Crippen molar-refractivity contribution in [1.82, 2.24) is 9.97 Å². The molecule has 1 aromatic heterocycles. The maximum absolute atomic E-state index is 12.2. The lowest BCUT2D eigenvalue weighted by atomic mass is 10.00. The van der Waals surface area contributed by atoms with E-state index in [-0.39, 0.29) is 22.9 Å². The Morgan fingerprint density at radius 1 is 1.13 bits per heavy atom. The summed E-state index contributed by atoms with van der Waals surface area (Å²) in [7, 11) is 2.92. The number of methoxy groups -OCH3 is 1. The molecule has 0 radical (unpaired) electrons. The Balaban J connectivity index is 1.78. The topological polar surface area (TPSA) is 102 Å². The van der Waals surface area contributed by atoms with Crippen molar-refractivity contribution in [2.45, 2.75) is 13.0 Å². The summed E-state index contributed by atoms with van der Waals surface area (Å²) in [6, 6.07) is 14.8. The van der Waals surface area contributed by atoms with Gasteiger partial charge in [-0.05, 0) is 29.7 Å². The molecular formula is C22H21N5O4. The van der Waals surface area contributed by atoms with Gasteiger partial charge in [-0.15, -0.1) is 0 Å². The number of fused-ring (bicyclic) bond motifs is 1. The standard InChI is InChI=1S/C22H21N5O4/c1-25(18-10-6-5-9-17(18)22(28)31-2)20-19(27(29)30)21(24-14-23-20)26-12-11-15-7-3-4-8-16(15)13-26/h3-10,14H,11-13H2,1-2H3. The van der Waals surface area contributed by atoms with Gasteiger partial charge in [-0.25, -0.2) is 14.8 Å². The normalized spacial score (nSPS) is 12.8. The first kappa shape index (κ1) is 20.3. The number of rotatable bonds is 5. The first-order valence-corrected chi connectivity index (χ1v) is 9.73. The molecule has 3 aromatic rings. The molecule has 9 nitrogen and oxygen atoms in total. The van der Waals surface area contributed by atoms with Gasteiger partial charge in [0.1, 0.15) is 6.33 Å². The van der Waals surface area contributed by atoms with Gasteiger partial charge in [0, 0.05) is 20.1 Å². The van der Waals surface area contributed by atoms with E-state index >= 15 is 0 Å². The van der Waals surface area contributed by atoms with Gasteiger partial charge in [0.15, 0.2) is 0 Å². The fourth-order valence-electron chi connectivity index (χ4n) is 3.84. The number of aromatic nitrogens is 2. The Morgan fingerprint density at radius 2 is 1.84 bits per heavy atom. The number of nitrogens with zero attached hydrogens (tertiary/aromatic N) is 5. The fraction of sp³-hybridized carbons (Fsp3) is 0.227. The summed E-state index contributed by atoms with van der Waals surface area (Å²) in [4.78, 5) is 35.7.